The SMILES string of the molecule is Cc1cc(C)n(-c2cccc(NC(=O)/C=C(/c3ccccc3)C(F)(F)F)c2)n1. The van der Waals surface area contributed by atoms with Gasteiger partial charge in [-0.15, -0.1) is 0 Å². The maximum atomic E-state index is 13.4. The summed E-state index contributed by atoms with van der Waals surface area (Å²) in [4.78, 5) is 12.3. The summed E-state index contributed by atoms with van der Waals surface area (Å²) in [6, 6.07) is 15.9. The van der Waals surface area contributed by atoms with E-state index in [9.17, 15) is 18.0 Å². The average Bonchev–Trinajstić information content (AvgIpc) is 2.98. The van der Waals surface area contributed by atoms with Crippen LogP contribution in [0.3, 0.4) is 0 Å². The number of alkyl halides is 3. The maximum Gasteiger partial charge on any atom is 0.417 e. The van der Waals surface area contributed by atoms with Crippen molar-refractivity contribution in [3.63, 3.8) is 0 Å². The Labute approximate surface area is 160 Å². The summed E-state index contributed by atoms with van der Waals surface area (Å²) < 4.78 is 41.8. The minimum absolute atomic E-state index is 0.0680. The fourth-order valence-electron chi connectivity index (χ4n) is 2.86. The van der Waals surface area contributed by atoms with Crippen molar-refractivity contribution in [3.05, 3.63) is 83.7 Å². The molecule has 0 saturated carbocycles. The maximum absolute atomic E-state index is 13.4. The zero-order chi connectivity index (χ0) is 20.3. The number of rotatable bonds is 4. The molecule has 144 valence electrons. The highest BCUT2D eigenvalue weighted by molar-refractivity contribution is 6.04. The molecule has 0 spiro atoms. The van der Waals surface area contributed by atoms with E-state index < -0.39 is 17.7 Å². The molecule has 28 heavy (non-hydrogen) atoms. The van der Waals surface area contributed by atoms with Crippen molar-refractivity contribution < 1.29 is 18.0 Å². The minimum Gasteiger partial charge on any atom is -0.322 e. The standard InChI is InChI=1S/C21H18F3N3O/c1-14-11-15(2)27(26-14)18-10-6-9-17(12-18)25-20(28)13-19(21(22,23)24)16-7-4-3-5-8-16/h3-13H,1-2H3,(H,25,28)/b19-13-. The third kappa shape index (κ3) is 4.49. The fourth-order valence-corrected chi connectivity index (χ4v) is 2.86. The van der Waals surface area contributed by atoms with E-state index in [0.717, 1.165) is 11.4 Å². The Morgan fingerprint density at radius 3 is 2.36 bits per heavy atom. The zero-order valence-electron chi connectivity index (χ0n) is 15.3. The van der Waals surface area contributed by atoms with E-state index >= 15 is 0 Å². The second-order valence-electron chi connectivity index (χ2n) is 6.30. The first-order valence-electron chi connectivity index (χ1n) is 8.53. The van der Waals surface area contributed by atoms with Crippen LogP contribution in [0.1, 0.15) is 17.0 Å². The van der Waals surface area contributed by atoms with Gasteiger partial charge >= 0.3 is 6.18 Å². The molecular weight excluding hydrogens is 367 g/mol. The van der Waals surface area contributed by atoms with E-state index in [4.69, 9.17) is 0 Å². The monoisotopic (exact) mass is 385 g/mol. The van der Waals surface area contributed by atoms with Crippen molar-refractivity contribution in [3.8, 4) is 5.69 Å². The van der Waals surface area contributed by atoms with Gasteiger partial charge in [-0.25, -0.2) is 4.68 Å². The van der Waals surface area contributed by atoms with Gasteiger partial charge in [0.25, 0.3) is 0 Å². The molecular formula is C21H18F3N3O. The number of aromatic nitrogens is 2. The van der Waals surface area contributed by atoms with Crippen LogP contribution in [0.2, 0.25) is 0 Å². The predicted octanol–water partition coefficient (Wildman–Crippen LogP) is 5.07. The van der Waals surface area contributed by atoms with Crippen molar-refractivity contribution in [2.24, 2.45) is 0 Å². The highest BCUT2D eigenvalue weighted by atomic mass is 19.4. The van der Waals surface area contributed by atoms with Gasteiger partial charge in [-0.3, -0.25) is 4.79 Å². The molecule has 7 heteroatoms. The lowest BCUT2D eigenvalue weighted by molar-refractivity contribution is -0.112. The van der Waals surface area contributed by atoms with Crippen LogP contribution in [0.5, 0.6) is 0 Å². The van der Waals surface area contributed by atoms with Gasteiger partial charge in [-0.05, 0) is 43.7 Å². The molecule has 0 unspecified atom stereocenters. The molecule has 3 aromatic rings. The van der Waals surface area contributed by atoms with Crippen LogP contribution in [-0.2, 0) is 4.79 Å². The van der Waals surface area contributed by atoms with Crippen molar-refractivity contribution in [1.82, 2.24) is 9.78 Å². The molecule has 3 rings (SSSR count). The Morgan fingerprint density at radius 1 is 1.04 bits per heavy atom. The number of halogens is 3. The van der Waals surface area contributed by atoms with Gasteiger partial charge in [0.2, 0.25) is 5.91 Å². The third-order valence-corrected chi connectivity index (χ3v) is 4.03. The van der Waals surface area contributed by atoms with E-state index in [0.29, 0.717) is 17.5 Å². The first kappa shape index (κ1) is 19.4. The number of benzene rings is 2. The van der Waals surface area contributed by atoms with Crippen LogP contribution >= 0.6 is 0 Å². The summed E-state index contributed by atoms with van der Waals surface area (Å²) in [7, 11) is 0. The quantitative estimate of drug-likeness (QED) is 0.637. The predicted molar refractivity (Wildman–Crippen MR) is 102 cm³/mol. The first-order chi connectivity index (χ1) is 13.2. The van der Waals surface area contributed by atoms with E-state index in [2.05, 4.69) is 10.4 Å². The van der Waals surface area contributed by atoms with E-state index in [1.165, 1.54) is 24.3 Å². The van der Waals surface area contributed by atoms with E-state index in [1.54, 1.807) is 35.0 Å². The van der Waals surface area contributed by atoms with Crippen LogP contribution < -0.4 is 5.32 Å². The van der Waals surface area contributed by atoms with Crippen LogP contribution in [0.25, 0.3) is 11.3 Å². The molecule has 0 atom stereocenters. The molecule has 2 aromatic carbocycles. The molecule has 0 radical (unpaired) electrons. The largest absolute Gasteiger partial charge is 0.417 e. The summed E-state index contributed by atoms with van der Waals surface area (Å²) in [6.07, 6.45) is -4.07. The molecule has 1 heterocycles. The Kier molecular flexibility index (Phi) is 5.35. The van der Waals surface area contributed by atoms with Crippen LogP contribution in [-0.4, -0.2) is 21.9 Å². The van der Waals surface area contributed by atoms with Gasteiger partial charge in [0.15, 0.2) is 0 Å². The molecule has 0 saturated heterocycles. The average molecular weight is 385 g/mol. The lowest BCUT2D eigenvalue weighted by Crippen LogP contribution is -2.16. The summed E-state index contributed by atoms with van der Waals surface area (Å²) in [5.41, 5.74) is 1.76. The molecule has 1 amide bonds. The Morgan fingerprint density at radius 2 is 1.75 bits per heavy atom. The lowest BCUT2D eigenvalue weighted by Gasteiger charge is -2.12. The first-order valence-corrected chi connectivity index (χ1v) is 8.53. The highest BCUT2D eigenvalue weighted by Crippen LogP contribution is 2.33. The second kappa shape index (κ2) is 7.72. The summed E-state index contributed by atoms with van der Waals surface area (Å²) >= 11 is 0. The summed E-state index contributed by atoms with van der Waals surface area (Å²) in [5.74, 6) is -0.860. The second-order valence-corrected chi connectivity index (χ2v) is 6.30. The summed E-state index contributed by atoms with van der Waals surface area (Å²) in [5, 5.41) is 6.86. The minimum atomic E-state index is -4.65. The molecule has 4 nitrogen and oxygen atoms in total. The topological polar surface area (TPSA) is 46.9 Å². The van der Waals surface area contributed by atoms with Gasteiger partial charge in [-0.2, -0.15) is 18.3 Å². The Hall–Kier alpha value is -3.35. The normalized spacial score (nSPS) is 12.1. The van der Waals surface area contributed by atoms with Crippen molar-refractivity contribution in [2.45, 2.75) is 20.0 Å². The number of aryl methyl sites for hydroxylation is 2. The van der Waals surface area contributed by atoms with Crippen molar-refractivity contribution in [1.29, 1.82) is 0 Å². The van der Waals surface area contributed by atoms with Gasteiger partial charge in [-0.1, -0.05) is 36.4 Å². The fraction of sp³-hybridized carbons (Fsp3) is 0.143. The number of allylic oxidation sites excluding steroid dienone is 1. The Balaban J connectivity index is 1.87. The van der Waals surface area contributed by atoms with E-state index in [-0.39, 0.29) is 5.56 Å². The van der Waals surface area contributed by atoms with Crippen molar-refractivity contribution >= 4 is 17.2 Å². The van der Waals surface area contributed by atoms with Crippen LogP contribution in [0, 0.1) is 13.8 Å². The number of anilines is 1. The van der Waals surface area contributed by atoms with Gasteiger partial charge in [0.05, 0.1) is 17.0 Å². The third-order valence-electron chi connectivity index (χ3n) is 4.03. The van der Waals surface area contributed by atoms with Gasteiger partial charge in [0.1, 0.15) is 0 Å². The number of nitrogens with one attached hydrogen (secondary N) is 1. The number of carbonyl (C=O) groups is 1. The molecule has 0 aliphatic heterocycles. The van der Waals surface area contributed by atoms with Gasteiger partial charge in [0, 0.05) is 17.5 Å². The zero-order valence-corrected chi connectivity index (χ0v) is 15.3. The van der Waals surface area contributed by atoms with Crippen LogP contribution in [0.4, 0.5) is 18.9 Å². The Bertz CT molecular complexity index is 1020. The molecule has 1 aromatic heterocycles. The molecule has 0 fully saturated rings. The van der Waals surface area contributed by atoms with E-state index in [1.807, 2.05) is 19.9 Å². The van der Waals surface area contributed by atoms with Crippen LogP contribution in [0.15, 0.2) is 66.7 Å². The molecule has 0 bridgehead atoms. The van der Waals surface area contributed by atoms with Gasteiger partial charge < -0.3 is 5.32 Å². The summed E-state index contributed by atoms with van der Waals surface area (Å²) in [6.45, 7) is 3.76. The smallest absolute Gasteiger partial charge is 0.322 e. The number of carbonyl (C=O) groups excluding carboxylic acids is 1. The number of hydrogen-bond acceptors (Lipinski definition) is 2. The number of nitrogens with zero attached hydrogens (tertiary/aromatic N) is 2. The molecule has 1 N–H and O–H groups in total. The molecule has 0 aliphatic rings. The molecule has 0 aliphatic carbocycles. The highest BCUT2D eigenvalue weighted by Gasteiger charge is 2.35. The van der Waals surface area contributed by atoms with Crippen molar-refractivity contribution in [2.75, 3.05) is 5.32 Å². The number of amides is 1. The lowest BCUT2D eigenvalue weighted by atomic mass is 10.1. The number of hydrogen-bond donors (Lipinski definition) is 1.